The molecule has 0 aliphatic heterocycles. The number of aromatic hydroxyl groups is 1. The van der Waals surface area contributed by atoms with Crippen molar-refractivity contribution in [3.05, 3.63) is 77.4 Å². The molecule has 0 amide bonds. The fraction of sp³-hybridized carbons (Fsp3) is 0.0952. The third-order valence-electron chi connectivity index (χ3n) is 4.43. The van der Waals surface area contributed by atoms with Gasteiger partial charge in [-0.1, -0.05) is 54.6 Å². The first-order valence-electron chi connectivity index (χ1n) is 7.72. The molecular weight excluding hydrogens is 300 g/mol. The number of rotatable bonds is 3. The molecule has 3 rings (SSSR count). The van der Waals surface area contributed by atoms with Gasteiger partial charge in [-0.3, -0.25) is 0 Å². The Bertz CT molecular complexity index is 912. The Hall–Kier alpha value is -3.07. The van der Waals surface area contributed by atoms with Gasteiger partial charge in [0.2, 0.25) is 0 Å². The molecule has 0 aliphatic carbocycles. The van der Waals surface area contributed by atoms with E-state index in [1.165, 1.54) is 6.07 Å². The Morgan fingerprint density at radius 3 is 2.04 bits per heavy atom. The van der Waals surface area contributed by atoms with E-state index in [0.717, 1.165) is 27.8 Å². The second-order valence-corrected chi connectivity index (χ2v) is 5.78. The Morgan fingerprint density at radius 2 is 1.38 bits per heavy atom. The maximum Gasteiger partial charge on any atom is 0.339 e. The Balaban J connectivity index is 2.17. The SMILES string of the molecule is Cc1c(-c2ccccc2)ccc(-c2cccc(C(=O)O)c2O)c1C. The van der Waals surface area contributed by atoms with Crippen LogP contribution in [-0.4, -0.2) is 16.2 Å². The van der Waals surface area contributed by atoms with E-state index in [1.54, 1.807) is 12.1 Å². The van der Waals surface area contributed by atoms with E-state index in [2.05, 4.69) is 12.1 Å². The van der Waals surface area contributed by atoms with E-state index in [9.17, 15) is 15.0 Å². The van der Waals surface area contributed by atoms with Gasteiger partial charge in [0.05, 0.1) is 0 Å². The topological polar surface area (TPSA) is 57.5 Å². The fourth-order valence-electron chi connectivity index (χ4n) is 2.98. The van der Waals surface area contributed by atoms with Crippen molar-refractivity contribution in [2.24, 2.45) is 0 Å². The standard InChI is InChI=1S/C21H18O3/c1-13-14(2)17(12-11-16(13)15-7-4-3-5-8-15)18-9-6-10-19(20(18)22)21(23)24/h3-12,22H,1-2H3,(H,23,24). The van der Waals surface area contributed by atoms with Crippen LogP contribution in [0.2, 0.25) is 0 Å². The summed E-state index contributed by atoms with van der Waals surface area (Å²) in [5.41, 5.74) is 5.69. The molecule has 3 heteroatoms. The van der Waals surface area contributed by atoms with Gasteiger partial charge in [0.25, 0.3) is 0 Å². The molecule has 3 aromatic carbocycles. The molecule has 0 bridgehead atoms. The third kappa shape index (κ3) is 2.65. The van der Waals surface area contributed by atoms with Gasteiger partial charge in [-0.2, -0.15) is 0 Å². The lowest BCUT2D eigenvalue weighted by Crippen LogP contribution is -1.98. The second kappa shape index (κ2) is 6.20. The molecule has 0 atom stereocenters. The van der Waals surface area contributed by atoms with Crippen LogP contribution < -0.4 is 0 Å². The minimum atomic E-state index is -1.13. The molecule has 0 fully saturated rings. The highest BCUT2D eigenvalue weighted by molar-refractivity contribution is 5.94. The van der Waals surface area contributed by atoms with Gasteiger partial charge < -0.3 is 10.2 Å². The predicted molar refractivity (Wildman–Crippen MR) is 95.4 cm³/mol. The van der Waals surface area contributed by atoms with Crippen LogP contribution in [0.4, 0.5) is 0 Å². The van der Waals surface area contributed by atoms with Gasteiger partial charge in [-0.15, -0.1) is 0 Å². The first-order valence-corrected chi connectivity index (χ1v) is 7.72. The summed E-state index contributed by atoms with van der Waals surface area (Å²) in [7, 11) is 0. The zero-order valence-corrected chi connectivity index (χ0v) is 13.6. The van der Waals surface area contributed by atoms with Crippen molar-refractivity contribution < 1.29 is 15.0 Å². The van der Waals surface area contributed by atoms with Gasteiger partial charge >= 0.3 is 5.97 Å². The number of benzene rings is 3. The van der Waals surface area contributed by atoms with Crippen molar-refractivity contribution in [3.8, 4) is 28.0 Å². The Morgan fingerprint density at radius 1 is 0.750 bits per heavy atom. The van der Waals surface area contributed by atoms with E-state index in [1.807, 2.05) is 44.2 Å². The van der Waals surface area contributed by atoms with E-state index >= 15 is 0 Å². The van der Waals surface area contributed by atoms with Crippen LogP contribution >= 0.6 is 0 Å². The van der Waals surface area contributed by atoms with Gasteiger partial charge in [0.15, 0.2) is 0 Å². The highest BCUT2D eigenvalue weighted by Crippen LogP contribution is 2.37. The van der Waals surface area contributed by atoms with Gasteiger partial charge in [-0.25, -0.2) is 4.79 Å². The Labute approximate surface area is 140 Å². The van der Waals surface area contributed by atoms with E-state index in [4.69, 9.17) is 0 Å². The first-order chi connectivity index (χ1) is 11.5. The predicted octanol–water partition coefficient (Wildman–Crippen LogP) is 5.04. The number of carboxylic acid groups (broad SMARTS) is 1. The molecule has 0 spiro atoms. The molecule has 0 aromatic heterocycles. The Kier molecular flexibility index (Phi) is 4.09. The number of aromatic carboxylic acids is 1. The normalized spacial score (nSPS) is 10.6. The van der Waals surface area contributed by atoms with Crippen LogP contribution in [0.15, 0.2) is 60.7 Å². The van der Waals surface area contributed by atoms with Crippen LogP contribution in [0.25, 0.3) is 22.3 Å². The largest absolute Gasteiger partial charge is 0.506 e. The molecule has 0 aliphatic rings. The summed E-state index contributed by atoms with van der Waals surface area (Å²) in [6.45, 7) is 4.03. The van der Waals surface area contributed by atoms with Crippen molar-refractivity contribution in [1.82, 2.24) is 0 Å². The molecule has 0 saturated heterocycles. The van der Waals surface area contributed by atoms with Crippen molar-refractivity contribution in [2.75, 3.05) is 0 Å². The number of hydrogen-bond acceptors (Lipinski definition) is 2. The molecule has 3 nitrogen and oxygen atoms in total. The number of phenols is 1. The molecule has 0 unspecified atom stereocenters. The zero-order valence-electron chi connectivity index (χ0n) is 13.6. The van der Waals surface area contributed by atoms with Crippen LogP contribution in [0.5, 0.6) is 5.75 Å². The molecular formula is C21H18O3. The lowest BCUT2D eigenvalue weighted by molar-refractivity contribution is 0.0694. The maximum atomic E-state index is 11.2. The summed E-state index contributed by atoms with van der Waals surface area (Å²) in [4.78, 5) is 11.2. The molecule has 2 N–H and O–H groups in total. The maximum absolute atomic E-state index is 11.2. The average Bonchev–Trinajstić information content (AvgIpc) is 2.58. The summed E-state index contributed by atoms with van der Waals surface area (Å²) in [5.74, 6) is -1.33. The summed E-state index contributed by atoms with van der Waals surface area (Å²) in [5, 5.41) is 19.5. The molecule has 3 aromatic rings. The average molecular weight is 318 g/mol. The fourth-order valence-corrected chi connectivity index (χ4v) is 2.98. The van der Waals surface area contributed by atoms with Crippen LogP contribution in [0, 0.1) is 13.8 Å². The van der Waals surface area contributed by atoms with Gasteiger partial charge in [0.1, 0.15) is 11.3 Å². The highest BCUT2D eigenvalue weighted by atomic mass is 16.4. The number of carboxylic acids is 1. The van der Waals surface area contributed by atoms with E-state index in [-0.39, 0.29) is 11.3 Å². The molecule has 0 heterocycles. The summed E-state index contributed by atoms with van der Waals surface area (Å²) < 4.78 is 0. The minimum Gasteiger partial charge on any atom is -0.506 e. The number of para-hydroxylation sites is 1. The van der Waals surface area contributed by atoms with Crippen molar-refractivity contribution >= 4 is 5.97 Å². The highest BCUT2D eigenvalue weighted by Gasteiger charge is 2.17. The molecule has 24 heavy (non-hydrogen) atoms. The van der Waals surface area contributed by atoms with Crippen LogP contribution in [-0.2, 0) is 0 Å². The summed E-state index contributed by atoms with van der Waals surface area (Å²) in [6.07, 6.45) is 0. The van der Waals surface area contributed by atoms with Gasteiger partial charge in [-0.05, 0) is 47.7 Å². The van der Waals surface area contributed by atoms with Crippen LogP contribution in [0.1, 0.15) is 21.5 Å². The third-order valence-corrected chi connectivity index (χ3v) is 4.43. The van der Waals surface area contributed by atoms with Crippen molar-refractivity contribution in [2.45, 2.75) is 13.8 Å². The quantitative estimate of drug-likeness (QED) is 0.711. The molecule has 0 radical (unpaired) electrons. The van der Waals surface area contributed by atoms with Crippen molar-refractivity contribution in [1.29, 1.82) is 0 Å². The number of carbonyl (C=O) groups is 1. The first kappa shape index (κ1) is 15.8. The minimum absolute atomic E-state index is 0.0864. The van der Waals surface area contributed by atoms with Crippen molar-refractivity contribution in [3.63, 3.8) is 0 Å². The van der Waals surface area contributed by atoms with E-state index < -0.39 is 5.97 Å². The summed E-state index contributed by atoms with van der Waals surface area (Å²) in [6, 6.07) is 18.8. The molecule has 120 valence electrons. The van der Waals surface area contributed by atoms with Crippen LogP contribution in [0.3, 0.4) is 0 Å². The lowest BCUT2D eigenvalue weighted by atomic mass is 9.90. The summed E-state index contributed by atoms with van der Waals surface area (Å²) >= 11 is 0. The lowest BCUT2D eigenvalue weighted by Gasteiger charge is -2.15. The second-order valence-electron chi connectivity index (χ2n) is 5.78. The monoisotopic (exact) mass is 318 g/mol. The molecule has 0 saturated carbocycles. The zero-order chi connectivity index (χ0) is 17.3. The number of hydrogen-bond donors (Lipinski definition) is 2. The van der Waals surface area contributed by atoms with E-state index in [0.29, 0.717) is 5.56 Å². The van der Waals surface area contributed by atoms with Gasteiger partial charge in [0, 0.05) is 5.56 Å². The smallest absolute Gasteiger partial charge is 0.339 e.